The van der Waals surface area contributed by atoms with Crippen LogP contribution in [-0.2, 0) is 20.7 Å². The maximum atomic E-state index is 12.0. The molecule has 1 aromatic heterocycles. The number of amides is 1. The number of para-hydroxylation sites is 1. The summed E-state index contributed by atoms with van der Waals surface area (Å²) >= 11 is 1.33. The van der Waals surface area contributed by atoms with Crippen LogP contribution in [0.2, 0.25) is 0 Å². The molecular weight excluding hydrogens is 388 g/mol. The molecule has 0 aliphatic heterocycles. The van der Waals surface area contributed by atoms with E-state index in [0.29, 0.717) is 11.6 Å². The number of esters is 1. The Balaban J connectivity index is 1.45. The van der Waals surface area contributed by atoms with Crippen LogP contribution in [0.15, 0.2) is 53.9 Å². The minimum Gasteiger partial charge on any atom is -0.496 e. The molecule has 0 spiro atoms. The van der Waals surface area contributed by atoms with Crippen molar-refractivity contribution >= 4 is 28.3 Å². The molecule has 3 rings (SSSR count). The number of aromatic nitrogens is 1. The molecule has 0 saturated carbocycles. The summed E-state index contributed by atoms with van der Waals surface area (Å²) in [6.45, 7) is 1.68. The zero-order valence-electron chi connectivity index (χ0n) is 16.3. The number of nitrogens with zero attached hydrogens (tertiary/aromatic N) is 1. The largest absolute Gasteiger partial charge is 0.496 e. The number of rotatable bonds is 8. The van der Waals surface area contributed by atoms with Crippen molar-refractivity contribution < 1.29 is 19.1 Å². The lowest BCUT2D eigenvalue weighted by Gasteiger charge is -2.08. The predicted octanol–water partition coefficient (Wildman–Crippen LogP) is 4.24. The second-order valence-corrected chi connectivity index (χ2v) is 7.28. The number of benzene rings is 2. The Hall–Kier alpha value is -3.19. The second-order valence-electron chi connectivity index (χ2n) is 6.42. The molecule has 1 heterocycles. The van der Waals surface area contributed by atoms with Crippen molar-refractivity contribution in [2.75, 3.05) is 19.0 Å². The molecule has 0 saturated heterocycles. The van der Waals surface area contributed by atoms with Gasteiger partial charge in [-0.05, 0) is 25.0 Å². The highest BCUT2D eigenvalue weighted by Crippen LogP contribution is 2.25. The van der Waals surface area contributed by atoms with E-state index in [9.17, 15) is 9.59 Å². The molecule has 3 aromatic rings. The molecule has 0 atom stereocenters. The average Bonchev–Trinajstić information content (AvgIpc) is 3.19. The van der Waals surface area contributed by atoms with Gasteiger partial charge in [-0.3, -0.25) is 14.9 Å². The molecule has 0 aliphatic rings. The van der Waals surface area contributed by atoms with Gasteiger partial charge in [-0.15, -0.1) is 11.3 Å². The molecule has 2 aromatic carbocycles. The van der Waals surface area contributed by atoms with Gasteiger partial charge in [-0.1, -0.05) is 48.0 Å². The van der Waals surface area contributed by atoms with E-state index in [2.05, 4.69) is 10.3 Å². The van der Waals surface area contributed by atoms with Crippen molar-refractivity contribution in [3.8, 4) is 17.0 Å². The SMILES string of the molecule is COc1ccccc1CCC(=O)OCC(=O)Nc1nc(-c2ccc(C)cc2)cs1. The summed E-state index contributed by atoms with van der Waals surface area (Å²) in [7, 11) is 1.59. The quantitative estimate of drug-likeness (QED) is 0.562. The summed E-state index contributed by atoms with van der Waals surface area (Å²) in [4.78, 5) is 28.4. The smallest absolute Gasteiger partial charge is 0.306 e. The first-order valence-electron chi connectivity index (χ1n) is 9.15. The number of anilines is 1. The van der Waals surface area contributed by atoms with Gasteiger partial charge in [0.1, 0.15) is 5.75 Å². The topological polar surface area (TPSA) is 77.5 Å². The Morgan fingerprint density at radius 2 is 1.86 bits per heavy atom. The van der Waals surface area contributed by atoms with Gasteiger partial charge >= 0.3 is 5.97 Å². The summed E-state index contributed by atoms with van der Waals surface area (Å²) in [5.74, 6) is -0.128. The number of hydrogen-bond acceptors (Lipinski definition) is 6. The average molecular weight is 410 g/mol. The maximum absolute atomic E-state index is 12.0. The number of thiazole rings is 1. The molecule has 150 valence electrons. The highest BCUT2D eigenvalue weighted by Gasteiger charge is 2.12. The van der Waals surface area contributed by atoms with Gasteiger partial charge in [-0.25, -0.2) is 4.98 Å². The van der Waals surface area contributed by atoms with Gasteiger partial charge in [0.2, 0.25) is 0 Å². The predicted molar refractivity (Wildman–Crippen MR) is 113 cm³/mol. The van der Waals surface area contributed by atoms with E-state index >= 15 is 0 Å². The van der Waals surface area contributed by atoms with E-state index in [4.69, 9.17) is 9.47 Å². The zero-order valence-corrected chi connectivity index (χ0v) is 17.1. The normalized spacial score (nSPS) is 10.4. The van der Waals surface area contributed by atoms with E-state index in [1.807, 2.05) is 60.8 Å². The fourth-order valence-electron chi connectivity index (χ4n) is 2.71. The van der Waals surface area contributed by atoms with Crippen molar-refractivity contribution in [2.24, 2.45) is 0 Å². The lowest BCUT2D eigenvalue weighted by molar-refractivity contribution is -0.147. The molecule has 0 fully saturated rings. The van der Waals surface area contributed by atoms with E-state index in [-0.39, 0.29) is 13.0 Å². The summed E-state index contributed by atoms with van der Waals surface area (Å²) in [6.07, 6.45) is 0.652. The number of ether oxygens (including phenoxy) is 2. The summed E-state index contributed by atoms with van der Waals surface area (Å²) in [5.41, 5.74) is 3.86. The molecule has 0 bridgehead atoms. The minimum absolute atomic E-state index is 0.169. The number of carbonyl (C=O) groups is 2. The number of hydrogen-bond donors (Lipinski definition) is 1. The lowest BCUT2D eigenvalue weighted by Crippen LogP contribution is -2.21. The Labute approximate surface area is 173 Å². The molecule has 1 N–H and O–H groups in total. The fraction of sp³-hybridized carbons (Fsp3) is 0.227. The van der Waals surface area contributed by atoms with Crippen molar-refractivity contribution in [2.45, 2.75) is 19.8 Å². The molecule has 7 heteroatoms. The van der Waals surface area contributed by atoms with Crippen molar-refractivity contribution in [3.05, 3.63) is 65.0 Å². The molecular formula is C22H22N2O4S. The van der Waals surface area contributed by atoms with Crippen molar-refractivity contribution in [1.82, 2.24) is 4.98 Å². The van der Waals surface area contributed by atoms with Gasteiger partial charge < -0.3 is 9.47 Å². The third-order valence-electron chi connectivity index (χ3n) is 4.25. The van der Waals surface area contributed by atoms with Gasteiger partial charge in [-0.2, -0.15) is 0 Å². The van der Waals surface area contributed by atoms with Crippen LogP contribution in [0.25, 0.3) is 11.3 Å². The molecule has 1 amide bonds. The van der Waals surface area contributed by atoms with Gasteiger partial charge in [0.15, 0.2) is 11.7 Å². The Bertz CT molecular complexity index is 982. The molecule has 0 unspecified atom stereocenters. The monoisotopic (exact) mass is 410 g/mol. The first-order chi connectivity index (χ1) is 14.0. The third kappa shape index (κ3) is 5.89. The first kappa shape index (κ1) is 20.5. The van der Waals surface area contributed by atoms with Crippen LogP contribution in [0.3, 0.4) is 0 Å². The number of aryl methyl sites for hydroxylation is 2. The Morgan fingerprint density at radius 3 is 2.62 bits per heavy atom. The number of methoxy groups -OCH3 is 1. The minimum atomic E-state index is -0.439. The molecule has 6 nitrogen and oxygen atoms in total. The van der Waals surface area contributed by atoms with E-state index in [1.165, 1.54) is 16.9 Å². The Morgan fingerprint density at radius 1 is 1.10 bits per heavy atom. The van der Waals surface area contributed by atoms with Crippen molar-refractivity contribution in [1.29, 1.82) is 0 Å². The van der Waals surface area contributed by atoms with Crippen LogP contribution in [0.4, 0.5) is 5.13 Å². The summed E-state index contributed by atoms with van der Waals surface area (Å²) < 4.78 is 10.3. The standard InChI is InChI=1S/C22H22N2O4S/c1-15-7-9-16(10-8-15)18-14-29-22(23-18)24-20(25)13-28-21(26)12-11-17-5-3-4-6-19(17)27-2/h3-10,14H,11-13H2,1-2H3,(H,23,24,25). The summed E-state index contributed by atoms with van der Waals surface area (Å²) in [5, 5.41) is 5.00. The van der Waals surface area contributed by atoms with E-state index in [1.54, 1.807) is 7.11 Å². The van der Waals surface area contributed by atoms with Gasteiger partial charge in [0, 0.05) is 17.4 Å². The van der Waals surface area contributed by atoms with Crippen LogP contribution in [0.5, 0.6) is 5.75 Å². The number of carbonyl (C=O) groups excluding carboxylic acids is 2. The van der Waals surface area contributed by atoms with Crippen LogP contribution in [0, 0.1) is 6.92 Å². The van der Waals surface area contributed by atoms with Crippen LogP contribution in [-0.4, -0.2) is 30.6 Å². The number of nitrogens with one attached hydrogen (secondary N) is 1. The highest BCUT2D eigenvalue weighted by molar-refractivity contribution is 7.14. The van der Waals surface area contributed by atoms with Gasteiger partial charge in [0.05, 0.1) is 12.8 Å². The molecule has 29 heavy (non-hydrogen) atoms. The fourth-order valence-corrected chi connectivity index (χ4v) is 3.44. The first-order valence-corrected chi connectivity index (χ1v) is 10.0. The van der Waals surface area contributed by atoms with Gasteiger partial charge in [0.25, 0.3) is 5.91 Å². The van der Waals surface area contributed by atoms with E-state index in [0.717, 1.165) is 22.6 Å². The maximum Gasteiger partial charge on any atom is 0.306 e. The Kier molecular flexibility index (Phi) is 6.97. The summed E-state index contributed by atoms with van der Waals surface area (Å²) in [6, 6.07) is 15.5. The lowest BCUT2D eigenvalue weighted by atomic mass is 10.1. The molecule has 0 aliphatic carbocycles. The molecule has 0 radical (unpaired) electrons. The van der Waals surface area contributed by atoms with Crippen LogP contribution < -0.4 is 10.1 Å². The zero-order chi connectivity index (χ0) is 20.6. The van der Waals surface area contributed by atoms with Crippen LogP contribution >= 0.6 is 11.3 Å². The van der Waals surface area contributed by atoms with E-state index < -0.39 is 11.9 Å². The van der Waals surface area contributed by atoms with Crippen molar-refractivity contribution in [3.63, 3.8) is 0 Å². The highest BCUT2D eigenvalue weighted by atomic mass is 32.1. The van der Waals surface area contributed by atoms with Crippen LogP contribution in [0.1, 0.15) is 17.5 Å². The second kappa shape index (κ2) is 9.84. The third-order valence-corrected chi connectivity index (χ3v) is 5.01.